The Morgan fingerprint density at radius 3 is 1.35 bits per heavy atom. The maximum Gasteiger partial charge on any atom is 0.142 e. The molecule has 4 rings (SSSR count). The molecule has 158 valence electrons. The summed E-state index contributed by atoms with van der Waals surface area (Å²) in [4.78, 5) is 0. The number of nitrogens with zero attached hydrogens (tertiary/aromatic N) is 4. The molecule has 0 saturated heterocycles. The third-order valence-electron chi connectivity index (χ3n) is 5.26. The van der Waals surface area contributed by atoms with Crippen molar-refractivity contribution in [2.24, 2.45) is 0 Å². The molecule has 0 N–H and O–H groups in total. The lowest BCUT2D eigenvalue weighted by atomic mass is 10.00. The summed E-state index contributed by atoms with van der Waals surface area (Å²) >= 11 is 0. The molecule has 34 heavy (non-hydrogen) atoms. The second-order valence-corrected chi connectivity index (χ2v) is 7.50. The first-order chi connectivity index (χ1) is 16.7. The van der Waals surface area contributed by atoms with Gasteiger partial charge < -0.3 is 4.42 Å². The minimum Gasteiger partial charge on any atom is -0.455 e. The van der Waals surface area contributed by atoms with Gasteiger partial charge in [0.15, 0.2) is 0 Å². The van der Waals surface area contributed by atoms with Crippen LogP contribution in [-0.2, 0) is 0 Å². The predicted molar refractivity (Wildman–Crippen MR) is 129 cm³/mol. The van der Waals surface area contributed by atoms with Crippen LogP contribution in [-0.4, -0.2) is 0 Å². The minimum absolute atomic E-state index is 0.0353. The number of allylic oxidation sites excluding steroid dienone is 6. The quantitative estimate of drug-likeness (QED) is 0.421. The topological polar surface area (TPSA) is 108 Å². The van der Waals surface area contributed by atoms with Crippen LogP contribution in [0.4, 0.5) is 0 Å². The van der Waals surface area contributed by atoms with Gasteiger partial charge in [-0.15, -0.1) is 0 Å². The molecule has 0 radical (unpaired) electrons. The molecular weight excluding hydrogens is 420 g/mol. The molecular formula is C29H16N4O. The molecule has 0 aliphatic heterocycles. The van der Waals surface area contributed by atoms with E-state index in [1.165, 1.54) is 12.2 Å². The van der Waals surface area contributed by atoms with Crippen LogP contribution in [0.15, 0.2) is 99.5 Å². The van der Waals surface area contributed by atoms with Gasteiger partial charge in [-0.05, 0) is 41.9 Å². The Labute approximate surface area is 197 Å². The third kappa shape index (κ3) is 4.46. The van der Waals surface area contributed by atoms with Gasteiger partial charge in [-0.1, -0.05) is 60.7 Å². The monoisotopic (exact) mass is 436 g/mol. The van der Waals surface area contributed by atoms with Crippen molar-refractivity contribution in [3.05, 3.63) is 106 Å². The van der Waals surface area contributed by atoms with E-state index in [0.717, 1.165) is 22.3 Å². The van der Waals surface area contributed by atoms with Crippen LogP contribution >= 0.6 is 0 Å². The zero-order valence-corrected chi connectivity index (χ0v) is 18.0. The first kappa shape index (κ1) is 21.9. The molecule has 1 aliphatic carbocycles. The second kappa shape index (κ2) is 9.84. The van der Waals surface area contributed by atoms with E-state index in [1.807, 2.05) is 97.1 Å². The number of benzene rings is 2. The molecule has 2 aromatic carbocycles. The molecule has 0 atom stereocenters. The van der Waals surface area contributed by atoms with Gasteiger partial charge in [-0.2, -0.15) is 21.0 Å². The normalized spacial score (nSPS) is 11.6. The van der Waals surface area contributed by atoms with E-state index in [9.17, 15) is 21.0 Å². The summed E-state index contributed by atoms with van der Waals surface area (Å²) in [5, 5.41) is 37.2. The fraction of sp³-hybridized carbons (Fsp3) is 0.0345. The molecule has 1 aliphatic rings. The highest BCUT2D eigenvalue weighted by molar-refractivity contribution is 5.89. The van der Waals surface area contributed by atoms with Gasteiger partial charge in [0.25, 0.3) is 0 Å². The van der Waals surface area contributed by atoms with Crippen LogP contribution < -0.4 is 0 Å². The van der Waals surface area contributed by atoms with E-state index in [2.05, 4.69) is 0 Å². The molecule has 0 unspecified atom stereocenters. The largest absolute Gasteiger partial charge is 0.455 e. The lowest BCUT2D eigenvalue weighted by Crippen LogP contribution is -1.86. The van der Waals surface area contributed by atoms with Gasteiger partial charge in [0.1, 0.15) is 46.9 Å². The molecule has 0 fully saturated rings. The molecule has 0 amide bonds. The smallest absolute Gasteiger partial charge is 0.142 e. The maximum atomic E-state index is 9.30. The van der Waals surface area contributed by atoms with Crippen LogP contribution in [0.5, 0.6) is 0 Å². The van der Waals surface area contributed by atoms with Gasteiger partial charge in [0.2, 0.25) is 0 Å². The van der Waals surface area contributed by atoms with E-state index < -0.39 is 0 Å². The summed E-state index contributed by atoms with van der Waals surface area (Å²) in [5.41, 5.74) is 4.65. The Bertz CT molecular complexity index is 1390. The average molecular weight is 436 g/mol. The van der Waals surface area contributed by atoms with E-state index in [4.69, 9.17) is 4.42 Å². The molecule has 0 saturated carbocycles. The minimum atomic E-state index is -0.0353. The zero-order chi connectivity index (χ0) is 23.9. The zero-order valence-electron chi connectivity index (χ0n) is 18.0. The van der Waals surface area contributed by atoms with E-state index >= 15 is 0 Å². The van der Waals surface area contributed by atoms with Gasteiger partial charge in [-0.25, -0.2) is 0 Å². The Balaban J connectivity index is 2.06. The molecule has 1 heterocycles. The predicted octanol–water partition coefficient (Wildman–Crippen LogP) is 6.73. The standard InChI is InChI=1S/C29H16N4O/c30-16-22(17-31)12-20-11-21(13-23(18-32)19-33)15-27-26(14-20)28(24-7-3-1-4-8-24)34-29(27)25-9-5-2-6-10-25/h1-10,12-15H,11H2. The van der Waals surface area contributed by atoms with Crippen molar-refractivity contribution in [3.8, 4) is 46.9 Å². The summed E-state index contributed by atoms with van der Waals surface area (Å²) in [5.74, 6) is 1.30. The van der Waals surface area contributed by atoms with Crippen molar-refractivity contribution in [3.63, 3.8) is 0 Å². The summed E-state index contributed by atoms with van der Waals surface area (Å²) in [6, 6.07) is 26.9. The summed E-state index contributed by atoms with van der Waals surface area (Å²) in [7, 11) is 0. The van der Waals surface area contributed by atoms with Crippen molar-refractivity contribution in [1.29, 1.82) is 21.0 Å². The highest BCUT2D eigenvalue weighted by Crippen LogP contribution is 2.42. The van der Waals surface area contributed by atoms with Crippen molar-refractivity contribution < 1.29 is 4.42 Å². The number of fused-ring (bicyclic) bond motifs is 1. The Hall–Kier alpha value is -5.36. The van der Waals surface area contributed by atoms with E-state index in [-0.39, 0.29) is 11.1 Å². The maximum absolute atomic E-state index is 9.30. The van der Waals surface area contributed by atoms with Gasteiger partial charge in [0, 0.05) is 22.3 Å². The number of hydrogen-bond acceptors (Lipinski definition) is 5. The summed E-state index contributed by atoms with van der Waals surface area (Å²) in [6.07, 6.45) is 7.19. The van der Waals surface area contributed by atoms with Crippen LogP contribution in [0.25, 0.3) is 34.8 Å². The Morgan fingerprint density at radius 1 is 0.618 bits per heavy atom. The fourth-order valence-electron chi connectivity index (χ4n) is 3.79. The summed E-state index contributed by atoms with van der Waals surface area (Å²) < 4.78 is 6.42. The van der Waals surface area contributed by atoms with Crippen LogP contribution in [0.2, 0.25) is 0 Å². The van der Waals surface area contributed by atoms with E-state index in [1.54, 1.807) is 0 Å². The van der Waals surface area contributed by atoms with Crippen molar-refractivity contribution >= 4 is 12.2 Å². The van der Waals surface area contributed by atoms with Crippen LogP contribution in [0.1, 0.15) is 17.5 Å². The van der Waals surface area contributed by atoms with Gasteiger partial charge in [0.05, 0.1) is 0 Å². The lowest BCUT2D eigenvalue weighted by Gasteiger charge is -2.04. The molecule has 5 heteroatoms. The average Bonchev–Trinajstić information content (AvgIpc) is 3.13. The SMILES string of the molecule is N#CC(C#N)=CC1=Cc2c(-c3ccccc3)oc(-c3ccccc3)c2C=C(C=C(C#N)C#N)C1. The molecule has 1 aromatic heterocycles. The second-order valence-electron chi connectivity index (χ2n) is 7.50. The number of nitriles is 4. The Morgan fingerprint density at radius 2 is 1.00 bits per heavy atom. The van der Waals surface area contributed by atoms with Crippen molar-refractivity contribution in [1.82, 2.24) is 0 Å². The van der Waals surface area contributed by atoms with Crippen LogP contribution in [0.3, 0.4) is 0 Å². The van der Waals surface area contributed by atoms with Crippen molar-refractivity contribution in [2.75, 3.05) is 0 Å². The molecule has 0 spiro atoms. The number of furan rings is 1. The fourth-order valence-corrected chi connectivity index (χ4v) is 3.79. The third-order valence-corrected chi connectivity index (χ3v) is 5.26. The molecule has 0 bridgehead atoms. The molecule has 5 nitrogen and oxygen atoms in total. The van der Waals surface area contributed by atoms with Crippen LogP contribution in [0, 0.1) is 45.3 Å². The lowest BCUT2D eigenvalue weighted by molar-refractivity contribution is 0.596. The first-order valence-corrected chi connectivity index (χ1v) is 10.4. The van der Waals surface area contributed by atoms with Crippen molar-refractivity contribution in [2.45, 2.75) is 6.42 Å². The number of hydrogen-bond donors (Lipinski definition) is 0. The van der Waals surface area contributed by atoms with Gasteiger partial charge >= 0.3 is 0 Å². The summed E-state index contributed by atoms with van der Waals surface area (Å²) in [6.45, 7) is 0. The first-order valence-electron chi connectivity index (χ1n) is 10.4. The highest BCUT2D eigenvalue weighted by Gasteiger charge is 2.23. The number of rotatable bonds is 4. The van der Waals surface area contributed by atoms with E-state index in [0.29, 0.717) is 29.1 Å². The Kier molecular flexibility index (Phi) is 6.33. The van der Waals surface area contributed by atoms with Gasteiger partial charge in [-0.3, -0.25) is 0 Å². The highest BCUT2D eigenvalue weighted by atomic mass is 16.3. The molecule has 3 aromatic rings.